The lowest BCUT2D eigenvalue weighted by molar-refractivity contribution is -0.142. The van der Waals surface area contributed by atoms with Crippen molar-refractivity contribution in [1.29, 1.82) is 0 Å². The van der Waals surface area contributed by atoms with Crippen LogP contribution in [0.25, 0.3) is 10.2 Å². The van der Waals surface area contributed by atoms with Gasteiger partial charge in [-0.1, -0.05) is 6.92 Å². The lowest BCUT2D eigenvalue weighted by Crippen LogP contribution is -2.23. The maximum absolute atomic E-state index is 11.2. The number of hydrogen-bond acceptors (Lipinski definition) is 5. The number of anilines is 1. The number of aromatic nitrogens is 2. The van der Waals surface area contributed by atoms with Crippen LogP contribution < -0.4 is 4.90 Å². The van der Waals surface area contributed by atoms with Crippen LogP contribution in [0.2, 0.25) is 0 Å². The predicted octanol–water partition coefficient (Wildman–Crippen LogP) is 2.16. The highest BCUT2D eigenvalue weighted by Crippen LogP contribution is 2.34. The van der Waals surface area contributed by atoms with Crippen molar-refractivity contribution >= 4 is 33.3 Å². The quantitative estimate of drug-likeness (QED) is 0.911. The van der Waals surface area contributed by atoms with Crippen LogP contribution in [0.15, 0.2) is 12.4 Å². The number of fused-ring (bicyclic) bond motifs is 1. The Bertz CT molecular complexity index is 640. The Balaban J connectivity index is 1.99. The summed E-state index contributed by atoms with van der Waals surface area (Å²) < 4.78 is 0. The lowest BCUT2D eigenvalue weighted by Gasteiger charge is -2.17. The summed E-state index contributed by atoms with van der Waals surface area (Å²) in [6, 6.07) is 2.08. The van der Waals surface area contributed by atoms with E-state index in [4.69, 9.17) is 0 Å². The molecule has 2 aromatic heterocycles. The fourth-order valence-corrected chi connectivity index (χ4v) is 3.52. The summed E-state index contributed by atoms with van der Waals surface area (Å²) in [7, 11) is 0. The molecular formula is C13H15N3O2S. The highest BCUT2D eigenvalue weighted by Gasteiger charge is 2.35. The molecule has 1 aliphatic rings. The predicted molar refractivity (Wildman–Crippen MR) is 74.7 cm³/mol. The van der Waals surface area contributed by atoms with Crippen molar-refractivity contribution in [3.63, 3.8) is 0 Å². The van der Waals surface area contributed by atoms with Gasteiger partial charge in [-0.05, 0) is 18.9 Å². The molecular weight excluding hydrogens is 262 g/mol. The molecule has 100 valence electrons. The summed E-state index contributed by atoms with van der Waals surface area (Å²) >= 11 is 1.64. The fourth-order valence-electron chi connectivity index (χ4n) is 2.68. The SMILES string of the molecule is Cc1cc2c(N3CC(C)C(C(=O)O)C3)ncnc2s1. The zero-order chi connectivity index (χ0) is 13.6. The molecule has 0 radical (unpaired) electrons. The maximum Gasteiger partial charge on any atom is 0.308 e. The lowest BCUT2D eigenvalue weighted by atomic mass is 9.99. The highest BCUT2D eigenvalue weighted by molar-refractivity contribution is 7.18. The molecule has 3 heterocycles. The van der Waals surface area contributed by atoms with Gasteiger partial charge in [0.15, 0.2) is 0 Å². The first kappa shape index (κ1) is 12.3. The molecule has 1 aliphatic heterocycles. The summed E-state index contributed by atoms with van der Waals surface area (Å²) in [5.74, 6) is -0.0289. The Labute approximate surface area is 114 Å². The Morgan fingerprint density at radius 3 is 2.95 bits per heavy atom. The zero-order valence-electron chi connectivity index (χ0n) is 10.8. The summed E-state index contributed by atoms with van der Waals surface area (Å²) in [6.07, 6.45) is 1.56. The van der Waals surface area contributed by atoms with Crippen LogP contribution >= 0.6 is 11.3 Å². The van der Waals surface area contributed by atoms with Gasteiger partial charge >= 0.3 is 5.97 Å². The summed E-state index contributed by atoms with van der Waals surface area (Å²) in [5, 5.41) is 10.2. The van der Waals surface area contributed by atoms with Gasteiger partial charge < -0.3 is 10.0 Å². The van der Waals surface area contributed by atoms with Crippen LogP contribution in [0, 0.1) is 18.8 Å². The maximum atomic E-state index is 11.2. The number of carboxylic acids is 1. The van der Waals surface area contributed by atoms with Crippen LogP contribution in [-0.4, -0.2) is 34.1 Å². The number of thiophene rings is 1. The van der Waals surface area contributed by atoms with E-state index in [2.05, 4.69) is 20.9 Å². The molecule has 1 N–H and O–H groups in total. The smallest absolute Gasteiger partial charge is 0.308 e. The minimum Gasteiger partial charge on any atom is -0.481 e. The summed E-state index contributed by atoms with van der Waals surface area (Å²) in [6.45, 7) is 5.29. The molecule has 0 saturated carbocycles. The normalized spacial score (nSPS) is 23.2. The number of carboxylic acid groups (broad SMARTS) is 1. The fraction of sp³-hybridized carbons (Fsp3) is 0.462. The molecule has 1 fully saturated rings. The molecule has 0 bridgehead atoms. The molecule has 5 nitrogen and oxygen atoms in total. The van der Waals surface area contributed by atoms with Crippen molar-refractivity contribution in [3.05, 3.63) is 17.3 Å². The largest absolute Gasteiger partial charge is 0.481 e. The van der Waals surface area contributed by atoms with Gasteiger partial charge in [-0.25, -0.2) is 9.97 Å². The molecule has 3 rings (SSSR count). The van der Waals surface area contributed by atoms with Gasteiger partial charge in [0.05, 0.1) is 11.3 Å². The monoisotopic (exact) mass is 277 g/mol. The molecule has 0 aliphatic carbocycles. The van der Waals surface area contributed by atoms with Crippen molar-refractivity contribution in [2.75, 3.05) is 18.0 Å². The third-order valence-electron chi connectivity index (χ3n) is 3.66. The Morgan fingerprint density at radius 2 is 2.26 bits per heavy atom. The molecule has 6 heteroatoms. The van der Waals surface area contributed by atoms with E-state index >= 15 is 0 Å². The topological polar surface area (TPSA) is 66.3 Å². The van der Waals surface area contributed by atoms with E-state index in [-0.39, 0.29) is 11.8 Å². The van der Waals surface area contributed by atoms with Crippen molar-refractivity contribution in [1.82, 2.24) is 9.97 Å². The van der Waals surface area contributed by atoms with Gasteiger partial charge in [-0.3, -0.25) is 4.79 Å². The second-order valence-corrected chi connectivity index (χ2v) is 6.33. The standard InChI is InChI=1S/C13H15N3O2S/c1-7-4-16(5-10(7)13(17)18)11-9-3-8(2)19-12(9)15-6-14-11/h3,6-7,10H,4-5H2,1-2H3,(H,17,18). The number of aryl methyl sites for hydroxylation is 1. The minimum absolute atomic E-state index is 0.141. The zero-order valence-corrected chi connectivity index (χ0v) is 11.6. The highest BCUT2D eigenvalue weighted by atomic mass is 32.1. The van der Waals surface area contributed by atoms with Crippen LogP contribution in [0.3, 0.4) is 0 Å². The average molecular weight is 277 g/mol. The van der Waals surface area contributed by atoms with Gasteiger partial charge in [0.25, 0.3) is 0 Å². The molecule has 1 saturated heterocycles. The van der Waals surface area contributed by atoms with Gasteiger partial charge in [-0.2, -0.15) is 0 Å². The minimum atomic E-state index is -0.721. The Morgan fingerprint density at radius 1 is 1.47 bits per heavy atom. The third-order valence-corrected chi connectivity index (χ3v) is 4.62. The molecule has 2 atom stereocenters. The van der Waals surface area contributed by atoms with Crippen molar-refractivity contribution in [2.24, 2.45) is 11.8 Å². The van der Waals surface area contributed by atoms with Gasteiger partial charge in [0.1, 0.15) is 17.0 Å². The van der Waals surface area contributed by atoms with E-state index < -0.39 is 5.97 Å². The first-order valence-corrected chi connectivity index (χ1v) is 7.07. The second kappa shape index (κ2) is 4.45. The third kappa shape index (κ3) is 2.06. The van der Waals surface area contributed by atoms with Gasteiger partial charge in [0, 0.05) is 18.0 Å². The first-order valence-electron chi connectivity index (χ1n) is 6.25. The van der Waals surface area contributed by atoms with E-state index in [0.717, 1.165) is 22.6 Å². The number of hydrogen-bond donors (Lipinski definition) is 1. The van der Waals surface area contributed by atoms with Crippen LogP contribution in [0.1, 0.15) is 11.8 Å². The molecule has 0 aromatic carbocycles. The number of nitrogens with zero attached hydrogens (tertiary/aromatic N) is 3. The van der Waals surface area contributed by atoms with E-state index in [1.807, 2.05) is 13.8 Å². The van der Waals surface area contributed by atoms with E-state index in [0.29, 0.717) is 6.54 Å². The Hall–Kier alpha value is -1.69. The van der Waals surface area contributed by atoms with Crippen LogP contribution in [0.5, 0.6) is 0 Å². The van der Waals surface area contributed by atoms with E-state index in [1.54, 1.807) is 17.7 Å². The van der Waals surface area contributed by atoms with Crippen molar-refractivity contribution in [2.45, 2.75) is 13.8 Å². The molecule has 0 amide bonds. The average Bonchev–Trinajstić information content (AvgIpc) is 2.90. The van der Waals surface area contributed by atoms with E-state index in [1.165, 1.54) is 4.88 Å². The van der Waals surface area contributed by atoms with Crippen molar-refractivity contribution < 1.29 is 9.90 Å². The molecule has 2 unspecified atom stereocenters. The van der Waals surface area contributed by atoms with Gasteiger partial charge in [-0.15, -0.1) is 11.3 Å². The summed E-state index contributed by atoms with van der Waals surface area (Å²) in [5.41, 5.74) is 0. The van der Waals surface area contributed by atoms with E-state index in [9.17, 15) is 9.90 Å². The number of rotatable bonds is 2. The molecule has 0 spiro atoms. The molecule has 19 heavy (non-hydrogen) atoms. The molecule has 2 aromatic rings. The Kier molecular flexibility index (Phi) is 2.89. The number of aliphatic carboxylic acids is 1. The number of carbonyl (C=O) groups is 1. The van der Waals surface area contributed by atoms with Crippen LogP contribution in [0.4, 0.5) is 5.82 Å². The van der Waals surface area contributed by atoms with Crippen molar-refractivity contribution in [3.8, 4) is 0 Å². The second-order valence-electron chi connectivity index (χ2n) is 5.10. The summed E-state index contributed by atoms with van der Waals surface area (Å²) in [4.78, 5) is 24.1. The van der Waals surface area contributed by atoms with Crippen LogP contribution in [-0.2, 0) is 4.79 Å². The first-order chi connectivity index (χ1) is 9.06. The van der Waals surface area contributed by atoms with Gasteiger partial charge in [0.2, 0.25) is 0 Å².